The van der Waals surface area contributed by atoms with Crippen molar-refractivity contribution in [2.75, 3.05) is 11.9 Å². The van der Waals surface area contributed by atoms with Gasteiger partial charge in [-0.15, -0.1) is 6.58 Å². The van der Waals surface area contributed by atoms with E-state index >= 15 is 0 Å². The number of nitrogens with zero attached hydrogens (tertiary/aromatic N) is 2. The predicted molar refractivity (Wildman–Crippen MR) is 91.5 cm³/mol. The van der Waals surface area contributed by atoms with Crippen molar-refractivity contribution < 1.29 is 0 Å². The van der Waals surface area contributed by atoms with E-state index in [1.54, 1.807) is 18.5 Å². The SMILES string of the molecule is C=CCNC(=S)Nc1cc2ncccc2c2cccnc12. The normalized spacial score (nSPS) is 10.5. The topological polar surface area (TPSA) is 49.8 Å². The van der Waals surface area contributed by atoms with E-state index in [9.17, 15) is 0 Å². The second kappa shape index (κ2) is 5.85. The smallest absolute Gasteiger partial charge is 0.171 e. The maximum Gasteiger partial charge on any atom is 0.171 e. The lowest BCUT2D eigenvalue weighted by atomic mass is 10.1. The third-order valence-electron chi connectivity index (χ3n) is 3.13. The molecule has 2 heterocycles. The number of hydrogen-bond acceptors (Lipinski definition) is 3. The fraction of sp³-hybridized carbons (Fsp3) is 0.0625. The minimum atomic E-state index is 0.539. The molecule has 0 saturated heterocycles. The molecule has 0 atom stereocenters. The van der Waals surface area contributed by atoms with Gasteiger partial charge in [0.1, 0.15) is 0 Å². The summed E-state index contributed by atoms with van der Waals surface area (Å²) in [6.45, 7) is 4.27. The number of fused-ring (bicyclic) bond motifs is 3. The molecule has 0 amide bonds. The summed E-state index contributed by atoms with van der Waals surface area (Å²) in [5, 5.41) is 8.90. The Bertz CT molecular complexity index is 829. The van der Waals surface area contributed by atoms with Crippen LogP contribution in [0.4, 0.5) is 5.69 Å². The van der Waals surface area contributed by atoms with Gasteiger partial charge in [0.2, 0.25) is 0 Å². The molecule has 5 heteroatoms. The number of nitrogens with one attached hydrogen (secondary N) is 2. The molecule has 2 aromatic heterocycles. The minimum absolute atomic E-state index is 0.539. The van der Waals surface area contributed by atoms with Crippen LogP contribution in [0, 0.1) is 0 Å². The molecular formula is C16H14N4S. The molecule has 0 aliphatic heterocycles. The molecule has 0 fully saturated rings. The highest BCUT2D eigenvalue weighted by molar-refractivity contribution is 7.80. The number of benzene rings is 1. The Balaban J connectivity index is 2.11. The Morgan fingerprint density at radius 3 is 2.76 bits per heavy atom. The van der Waals surface area contributed by atoms with E-state index < -0.39 is 0 Å². The highest BCUT2D eigenvalue weighted by Gasteiger charge is 2.08. The van der Waals surface area contributed by atoms with Crippen LogP contribution in [-0.4, -0.2) is 21.6 Å². The summed E-state index contributed by atoms with van der Waals surface area (Å²) in [7, 11) is 0. The second-order valence-electron chi connectivity index (χ2n) is 4.52. The van der Waals surface area contributed by atoms with Crippen molar-refractivity contribution in [2.45, 2.75) is 0 Å². The molecule has 0 saturated carbocycles. The lowest BCUT2D eigenvalue weighted by Crippen LogP contribution is -2.28. The molecule has 4 nitrogen and oxygen atoms in total. The van der Waals surface area contributed by atoms with Crippen molar-refractivity contribution in [2.24, 2.45) is 0 Å². The largest absolute Gasteiger partial charge is 0.359 e. The summed E-state index contributed by atoms with van der Waals surface area (Å²) in [5.41, 5.74) is 2.63. The third-order valence-corrected chi connectivity index (χ3v) is 3.37. The lowest BCUT2D eigenvalue weighted by Gasteiger charge is -2.12. The number of pyridine rings is 2. The van der Waals surface area contributed by atoms with Gasteiger partial charge in [-0.2, -0.15) is 0 Å². The molecule has 0 aliphatic carbocycles. The van der Waals surface area contributed by atoms with Gasteiger partial charge in [0.25, 0.3) is 0 Å². The molecular weight excluding hydrogens is 280 g/mol. The number of rotatable bonds is 3. The summed E-state index contributed by atoms with van der Waals surface area (Å²) in [6, 6.07) is 9.90. The summed E-state index contributed by atoms with van der Waals surface area (Å²) >= 11 is 5.27. The van der Waals surface area contributed by atoms with Gasteiger partial charge in [-0.25, -0.2) is 0 Å². The Morgan fingerprint density at radius 2 is 1.95 bits per heavy atom. The number of thiocarbonyl (C=S) groups is 1. The van der Waals surface area contributed by atoms with E-state index in [0.717, 1.165) is 27.5 Å². The first kappa shape index (κ1) is 13.5. The molecule has 1 aromatic carbocycles. The first-order valence-corrected chi connectivity index (χ1v) is 6.98. The van der Waals surface area contributed by atoms with Gasteiger partial charge < -0.3 is 10.6 Å². The molecule has 0 spiro atoms. The minimum Gasteiger partial charge on any atom is -0.359 e. The summed E-state index contributed by atoms with van der Waals surface area (Å²) in [4.78, 5) is 8.88. The highest BCUT2D eigenvalue weighted by atomic mass is 32.1. The molecule has 3 rings (SSSR count). The zero-order valence-electron chi connectivity index (χ0n) is 11.3. The van der Waals surface area contributed by atoms with Crippen LogP contribution in [-0.2, 0) is 0 Å². The number of aromatic nitrogens is 2. The molecule has 2 N–H and O–H groups in total. The predicted octanol–water partition coefficient (Wildman–Crippen LogP) is 3.26. The zero-order valence-corrected chi connectivity index (χ0v) is 12.2. The van der Waals surface area contributed by atoms with Gasteiger partial charge in [0.05, 0.1) is 16.7 Å². The van der Waals surface area contributed by atoms with Crippen molar-refractivity contribution in [1.82, 2.24) is 15.3 Å². The van der Waals surface area contributed by atoms with E-state index in [4.69, 9.17) is 12.2 Å². The lowest BCUT2D eigenvalue weighted by molar-refractivity contribution is 1.06. The molecule has 0 radical (unpaired) electrons. The van der Waals surface area contributed by atoms with Crippen LogP contribution >= 0.6 is 12.2 Å². The van der Waals surface area contributed by atoms with Gasteiger partial charge >= 0.3 is 0 Å². The van der Waals surface area contributed by atoms with E-state index in [-0.39, 0.29) is 0 Å². The third kappa shape index (κ3) is 2.68. The monoisotopic (exact) mass is 294 g/mol. The van der Waals surface area contributed by atoms with Crippen molar-refractivity contribution in [3.05, 3.63) is 55.4 Å². The fourth-order valence-corrected chi connectivity index (χ4v) is 2.42. The standard InChI is InChI=1S/C16H14N4S/c1-2-7-19-16(21)20-14-10-13-11(5-3-8-17-13)12-6-4-9-18-15(12)14/h2-6,8-10H,1,7H2,(H2,19,20,21). The average Bonchev–Trinajstić information content (AvgIpc) is 2.53. The fourth-order valence-electron chi connectivity index (χ4n) is 2.23. The van der Waals surface area contributed by atoms with Gasteiger partial charge in [0, 0.05) is 29.7 Å². The Morgan fingerprint density at radius 1 is 1.19 bits per heavy atom. The van der Waals surface area contributed by atoms with Crippen LogP contribution in [0.2, 0.25) is 0 Å². The van der Waals surface area contributed by atoms with Gasteiger partial charge in [-0.3, -0.25) is 9.97 Å². The van der Waals surface area contributed by atoms with Gasteiger partial charge in [0.15, 0.2) is 5.11 Å². The van der Waals surface area contributed by atoms with Crippen LogP contribution in [0.1, 0.15) is 0 Å². The van der Waals surface area contributed by atoms with Crippen LogP contribution in [0.25, 0.3) is 21.8 Å². The highest BCUT2D eigenvalue weighted by Crippen LogP contribution is 2.29. The van der Waals surface area contributed by atoms with Crippen molar-refractivity contribution in [1.29, 1.82) is 0 Å². The molecule has 104 valence electrons. The number of hydrogen-bond donors (Lipinski definition) is 2. The molecule has 0 aliphatic rings. The summed E-state index contributed by atoms with van der Waals surface area (Å²) in [5.74, 6) is 0. The van der Waals surface area contributed by atoms with E-state index in [2.05, 4.69) is 27.2 Å². The van der Waals surface area contributed by atoms with Crippen molar-refractivity contribution >= 4 is 44.8 Å². The van der Waals surface area contributed by atoms with Crippen LogP contribution in [0.15, 0.2) is 55.4 Å². The maximum atomic E-state index is 5.27. The molecule has 21 heavy (non-hydrogen) atoms. The summed E-state index contributed by atoms with van der Waals surface area (Å²) < 4.78 is 0. The van der Waals surface area contributed by atoms with Gasteiger partial charge in [-0.1, -0.05) is 18.2 Å². The van der Waals surface area contributed by atoms with Crippen LogP contribution < -0.4 is 10.6 Å². The van der Waals surface area contributed by atoms with E-state index in [1.807, 2.05) is 30.3 Å². The number of anilines is 1. The quantitative estimate of drug-likeness (QED) is 0.441. The zero-order chi connectivity index (χ0) is 14.7. The molecule has 0 unspecified atom stereocenters. The maximum absolute atomic E-state index is 5.27. The van der Waals surface area contributed by atoms with E-state index in [1.165, 1.54) is 0 Å². The first-order chi connectivity index (χ1) is 10.3. The Hall–Kier alpha value is -2.53. The van der Waals surface area contributed by atoms with E-state index in [0.29, 0.717) is 11.7 Å². The van der Waals surface area contributed by atoms with Crippen molar-refractivity contribution in [3.8, 4) is 0 Å². The summed E-state index contributed by atoms with van der Waals surface area (Å²) in [6.07, 6.45) is 5.31. The van der Waals surface area contributed by atoms with Crippen LogP contribution in [0.5, 0.6) is 0 Å². The Labute approximate surface area is 127 Å². The van der Waals surface area contributed by atoms with Crippen LogP contribution in [0.3, 0.4) is 0 Å². The average molecular weight is 294 g/mol. The van der Waals surface area contributed by atoms with Gasteiger partial charge in [-0.05, 0) is 30.4 Å². The molecule has 0 bridgehead atoms. The molecule has 3 aromatic rings. The second-order valence-corrected chi connectivity index (χ2v) is 4.93. The van der Waals surface area contributed by atoms with Crippen molar-refractivity contribution in [3.63, 3.8) is 0 Å². The first-order valence-electron chi connectivity index (χ1n) is 6.58. The Kier molecular flexibility index (Phi) is 3.75.